The molecule has 2 rings (SSSR count). The van der Waals surface area contributed by atoms with E-state index in [2.05, 4.69) is 5.32 Å². The third-order valence-corrected chi connectivity index (χ3v) is 5.22. The van der Waals surface area contributed by atoms with Crippen LogP contribution in [0.3, 0.4) is 0 Å². The molecule has 0 aliphatic rings. The highest BCUT2D eigenvalue weighted by Gasteiger charge is 2.31. The van der Waals surface area contributed by atoms with E-state index in [9.17, 15) is 26.4 Å². The fraction of sp³-hybridized carbons (Fsp3) is 0.278. The molecule has 158 valence electrons. The largest absolute Gasteiger partial charge is 0.493 e. The highest BCUT2D eigenvalue weighted by atomic mass is 32.2. The van der Waals surface area contributed by atoms with Gasteiger partial charge in [-0.2, -0.15) is 13.2 Å². The molecule has 7 nitrogen and oxygen atoms in total. The third kappa shape index (κ3) is 5.11. The average molecular weight is 432 g/mol. The molecule has 0 spiro atoms. The Bertz CT molecular complexity index is 1020. The Hall–Kier alpha value is -2.95. The summed E-state index contributed by atoms with van der Waals surface area (Å²) in [6, 6.07) is 6.62. The minimum atomic E-state index is -4.58. The summed E-state index contributed by atoms with van der Waals surface area (Å²) >= 11 is 0. The van der Waals surface area contributed by atoms with Crippen LogP contribution in [0.4, 0.5) is 24.5 Å². The van der Waals surface area contributed by atoms with Gasteiger partial charge in [0, 0.05) is 18.8 Å². The van der Waals surface area contributed by atoms with Crippen LogP contribution in [0.2, 0.25) is 0 Å². The Morgan fingerprint density at radius 2 is 1.66 bits per heavy atom. The maximum absolute atomic E-state index is 12.9. The van der Waals surface area contributed by atoms with E-state index in [1.165, 1.54) is 39.5 Å². The molecule has 0 saturated heterocycles. The number of alkyl halides is 3. The van der Waals surface area contributed by atoms with Crippen molar-refractivity contribution >= 4 is 27.3 Å². The van der Waals surface area contributed by atoms with Gasteiger partial charge in [0.2, 0.25) is 10.0 Å². The predicted octanol–water partition coefficient (Wildman–Crippen LogP) is 3.37. The molecule has 0 fully saturated rings. The number of amides is 1. The number of carbonyl (C=O) groups excluding carboxylic acids is 1. The van der Waals surface area contributed by atoms with Gasteiger partial charge in [0.25, 0.3) is 5.91 Å². The first-order valence-corrected chi connectivity index (χ1v) is 9.92. The number of rotatable bonds is 6. The normalized spacial score (nSPS) is 11.7. The van der Waals surface area contributed by atoms with Gasteiger partial charge in [-0.25, -0.2) is 8.42 Å². The molecule has 0 saturated carbocycles. The lowest BCUT2D eigenvalue weighted by Crippen LogP contribution is -2.28. The summed E-state index contributed by atoms with van der Waals surface area (Å²) in [5.41, 5.74) is -1.20. The summed E-state index contributed by atoms with van der Waals surface area (Å²) in [4.78, 5) is 12.8. The Balaban J connectivity index is 2.53. The summed E-state index contributed by atoms with van der Waals surface area (Å²) in [5, 5.41) is 2.35. The topological polar surface area (TPSA) is 84.9 Å². The first-order valence-electron chi connectivity index (χ1n) is 8.07. The van der Waals surface area contributed by atoms with Gasteiger partial charge in [-0.05, 0) is 24.3 Å². The minimum Gasteiger partial charge on any atom is -0.493 e. The molecule has 11 heteroatoms. The van der Waals surface area contributed by atoms with Crippen molar-refractivity contribution in [1.82, 2.24) is 0 Å². The Morgan fingerprint density at radius 3 is 2.17 bits per heavy atom. The van der Waals surface area contributed by atoms with Crippen LogP contribution in [-0.2, 0) is 16.2 Å². The van der Waals surface area contributed by atoms with E-state index in [1.807, 2.05) is 0 Å². The SMILES string of the molecule is COc1cc(C(=O)Nc2cccc(C(F)(F)F)c2)c(N(C)S(C)(=O)=O)cc1OC. The molecule has 1 amide bonds. The van der Waals surface area contributed by atoms with Crippen LogP contribution in [0.1, 0.15) is 15.9 Å². The Labute approximate surface area is 166 Å². The van der Waals surface area contributed by atoms with E-state index in [1.54, 1.807) is 0 Å². The first kappa shape index (κ1) is 22.3. The number of benzene rings is 2. The fourth-order valence-electron chi connectivity index (χ4n) is 2.46. The number of methoxy groups -OCH3 is 2. The molecule has 0 heterocycles. The molecule has 2 aromatic carbocycles. The summed E-state index contributed by atoms with van der Waals surface area (Å²) < 4.78 is 73.8. The van der Waals surface area contributed by atoms with Crippen LogP contribution in [-0.4, -0.2) is 41.8 Å². The van der Waals surface area contributed by atoms with E-state index in [0.29, 0.717) is 0 Å². The summed E-state index contributed by atoms with van der Waals surface area (Å²) in [6.45, 7) is 0. The quantitative estimate of drug-likeness (QED) is 0.757. The molecule has 29 heavy (non-hydrogen) atoms. The molecule has 0 unspecified atom stereocenters. The lowest BCUT2D eigenvalue weighted by Gasteiger charge is -2.22. The van der Waals surface area contributed by atoms with Crippen LogP contribution in [0, 0.1) is 0 Å². The number of hydrogen-bond acceptors (Lipinski definition) is 5. The number of sulfonamides is 1. The molecule has 2 aromatic rings. The number of halogens is 3. The van der Waals surface area contributed by atoms with E-state index in [-0.39, 0.29) is 28.4 Å². The van der Waals surface area contributed by atoms with Crippen molar-refractivity contribution in [3.63, 3.8) is 0 Å². The molecule has 0 aliphatic carbocycles. The number of anilines is 2. The van der Waals surface area contributed by atoms with E-state index < -0.39 is 27.7 Å². The van der Waals surface area contributed by atoms with Gasteiger partial charge in [0.1, 0.15) is 0 Å². The van der Waals surface area contributed by atoms with Crippen LogP contribution < -0.4 is 19.1 Å². The predicted molar refractivity (Wildman–Crippen MR) is 102 cm³/mol. The van der Waals surface area contributed by atoms with Gasteiger partial charge in [-0.1, -0.05) is 6.07 Å². The highest BCUT2D eigenvalue weighted by molar-refractivity contribution is 7.92. The average Bonchev–Trinajstić information content (AvgIpc) is 2.65. The van der Waals surface area contributed by atoms with Crippen LogP contribution in [0.5, 0.6) is 11.5 Å². The smallest absolute Gasteiger partial charge is 0.416 e. The number of ether oxygens (including phenoxy) is 2. The van der Waals surface area contributed by atoms with E-state index in [4.69, 9.17) is 9.47 Å². The molecule has 0 bridgehead atoms. The number of nitrogens with zero attached hydrogens (tertiary/aromatic N) is 1. The second-order valence-electron chi connectivity index (χ2n) is 5.99. The van der Waals surface area contributed by atoms with Crippen LogP contribution >= 0.6 is 0 Å². The van der Waals surface area contributed by atoms with Gasteiger partial charge in [0.05, 0.1) is 37.3 Å². The summed E-state index contributed by atoms with van der Waals surface area (Å²) in [6.07, 6.45) is -3.63. The van der Waals surface area contributed by atoms with Gasteiger partial charge >= 0.3 is 6.18 Å². The van der Waals surface area contributed by atoms with Gasteiger partial charge in [-0.3, -0.25) is 9.10 Å². The number of hydrogen-bond donors (Lipinski definition) is 1. The molecule has 0 atom stereocenters. The molecule has 0 radical (unpaired) electrons. The van der Waals surface area contributed by atoms with Crippen molar-refractivity contribution in [2.45, 2.75) is 6.18 Å². The lowest BCUT2D eigenvalue weighted by atomic mass is 10.1. The van der Waals surface area contributed by atoms with Crippen molar-refractivity contribution in [1.29, 1.82) is 0 Å². The summed E-state index contributed by atoms with van der Waals surface area (Å²) in [7, 11) is 0.150. The van der Waals surface area contributed by atoms with Crippen LogP contribution in [0.15, 0.2) is 36.4 Å². The minimum absolute atomic E-state index is 0.0328. The zero-order valence-corrected chi connectivity index (χ0v) is 16.8. The van der Waals surface area contributed by atoms with E-state index in [0.717, 1.165) is 28.8 Å². The van der Waals surface area contributed by atoms with Crippen molar-refractivity contribution in [3.05, 3.63) is 47.5 Å². The van der Waals surface area contributed by atoms with E-state index >= 15 is 0 Å². The lowest BCUT2D eigenvalue weighted by molar-refractivity contribution is -0.137. The fourth-order valence-corrected chi connectivity index (χ4v) is 2.97. The maximum atomic E-state index is 12.9. The van der Waals surface area contributed by atoms with Crippen molar-refractivity contribution in [3.8, 4) is 11.5 Å². The second kappa shape index (κ2) is 8.19. The highest BCUT2D eigenvalue weighted by Crippen LogP contribution is 2.36. The maximum Gasteiger partial charge on any atom is 0.416 e. The summed E-state index contributed by atoms with van der Waals surface area (Å²) in [5.74, 6) is -0.503. The molecule has 0 aromatic heterocycles. The van der Waals surface area contributed by atoms with Crippen molar-refractivity contribution in [2.75, 3.05) is 37.1 Å². The number of carbonyl (C=O) groups is 1. The number of nitrogens with one attached hydrogen (secondary N) is 1. The third-order valence-electron chi connectivity index (χ3n) is 4.03. The Morgan fingerprint density at radius 1 is 1.07 bits per heavy atom. The van der Waals surface area contributed by atoms with Gasteiger partial charge < -0.3 is 14.8 Å². The Kier molecular flexibility index (Phi) is 6.31. The molecule has 0 aliphatic heterocycles. The zero-order valence-electron chi connectivity index (χ0n) is 16.0. The van der Waals surface area contributed by atoms with Gasteiger partial charge in [-0.15, -0.1) is 0 Å². The van der Waals surface area contributed by atoms with Gasteiger partial charge in [0.15, 0.2) is 11.5 Å². The van der Waals surface area contributed by atoms with Crippen molar-refractivity contribution in [2.24, 2.45) is 0 Å². The van der Waals surface area contributed by atoms with Crippen LogP contribution in [0.25, 0.3) is 0 Å². The second-order valence-corrected chi connectivity index (χ2v) is 8.00. The standard InChI is InChI=1S/C18H19F3N2O5S/c1-23(29(4,25)26)14-10-16(28-3)15(27-2)9-13(14)17(24)22-12-7-5-6-11(8-12)18(19,20)21/h5-10H,1-4H3,(H,22,24). The first-order chi connectivity index (χ1) is 13.4. The zero-order chi connectivity index (χ0) is 22.0. The molecule has 1 N–H and O–H groups in total. The monoisotopic (exact) mass is 432 g/mol. The van der Waals surface area contributed by atoms with Crippen molar-refractivity contribution < 1.29 is 35.9 Å². The molecular weight excluding hydrogens is 413 g/mol. The molecular formula is C18H19F3N2O5S.